The van der Waals surface area contributed by atoms with Gasteiger partial charge < -0.3 is 15.0 Å². The van der Waals surface area contributed by atoms with Crippen molar-refractivity contribution in [1.29, 1.82) is 0 Å². The van der Waals surface area contributed by atoms with Crippen molar-refractivity contribution in [3.63, 3.8) is 0 Å². The van der Waals surface area contributed by atoms with Crippen LogP contribution in [0, 0.1) is 0 Å². The minimum atomic E-state index is -0.268. The molecule has 138 valence electrons. The molecule has 2 aromatic rings. The van der Waals surface area contributed by atoms with Crippen LogP contribution in [0.5, 0.6) is 5.75 Å². The van der Waals surface area contributed by atoms with Gasteiger partial charge in [0, 0.05) is 29.4 Å². The fraction of sp³-hybridized carbons (Fsp3) is 0.389. The zero-order valence-corrected chi connectivity index (χ0v) is 15.9. The summed E-state index contributed by atoms with van der Waals surface area (Å²) in [7, 11) is 1.58. The fourth-order valence-corrected chi connectivity index (χ4v) is 3.78. The molecule has 0 unspecified atom stereocenters. The molecule has 1 aromatic heterocycles. The lowest BCUT2D eigenvalue weighted by atomic mass is 10.1. The molecule has 1 aliphatic heterocycles. The molecule has 8 heteroatoms. The number of urea groups is 1. The van der Waals surface area contributed by atoms with E-state index in [0.29, 0.717) is 36.0 Å². The van der Waals surface area contributed by atoms with E-state index in [2.05, 4.69) is 15.6 Å². The second kappa shape index (κ2) is 7.74. The van der Waals surface area contributed by atoms with E-state index < -0.39 is 0 Å². The Bertz CT molecular complexity index is 819. The number of methoxy groups -OCH3 is 1. The standard InChI is InChI=1S/C18H22N4O3S/c1-11(2)19-17(24)21-18-20-14-7-8-22(10-15(14)26-18)16(23)12-5-4-6-13(9-12)25-3/h4-6,9,11H,7-8,10H2,1-3H3,(H2,19,20,21,24). The third kappa shape index (κ3) is 4.13. The normalized spacial score (nSPS) is 13.3. The number of hydrogen-bond donors (Lipinski definition) is 2. The number of rotatable bonds is 4. The summed E-state index contributed by atoms with van der Waals surface area (Å²) in [5, 5.41) is 6.09. The van der Waals surface area contributed by atoms with Gasteiger partial charge in [-0.25, -0.2) is 9.78 Å². The summed E-state index contributed by atoms with van der Waals surface area (Å²) in [6.07, 6.45) is 0.676. The first-order valence-electron chi connectivity index (χ1n) is 8.45. The number of hydrogen-bond acceptors (Lipinski definition) is 5. The number of thiazole rings is 1. The van der Waals surface area contributed by atoms with Crippen molar-refractivity contribution >= 4 is 28.4 Å². The molecule has 0 saturated heterocycles. The lowest BCUT2D eigenvalue weighted by Crippen LogP contribution is -2.35. The molecule has 2 N–H and O–H groups in total. The third-order valence-corrected chi connectivity index (χ3v) is 4.97. The second-order valence-corrected chi connectivity index (χ2v) is 7.43. The number of benzene rings is 1. The Morgan fingerprint density at radius 3 is 2.88 bits per heavy atom. The van der Waals surface area contributed by atoms with E-state index in [4.69, 9.17) is 4.74 Å². The number of carbonyl (C=O) groups excluding carboxylic acids is 2. The highest BCUT2D eigenvalue weighted by Crippen LogP contribution is 2.29. The summed E-state index contributed by atoms with van der Waals surface area (Å²) < 4.78 is 5.19. The van der Waals surface area contributed by atoms with Crippen LogP contribution in [0.2, 0.25) is 0 Å². The van der Waals surface area contributed by atoms with Crippen LogP contribution in [-0.2, 0) is 13.0 Å². The van der Waals surface area contributed by atoms with Gasteiger partial charge in [-0.3, -0.25) is 10.1 Å². The first kappa shape index (κ1) is 18.2. The van der Waals surface area contributed by atoms with Crippen molar-refractivity contribution in [3.8, 4) is 5.75 Å². The Hall–Kier alpha value is -2.61. The first-order valence-corrected chi connectivity index (χ1v) is 9.27. The maximum absolute atomic E-state index is 12.8. The lowest BCUT2D eigenvalue weighted by Gasteiger charge is -2.26. The lowest BCUT2D eigenvalue weighted by molar-refractivity contribution is 0.0736. The predicted molar refractivity (Wildman–Crippen MR) is 101 cm³/mol. The number of carbonyl (C=O) groups is 2. The minimum Gasteiger partial charge on any atom is -0.497 e. The topological polar surface area (TPSA) is 83.6 Å². The quantitative estimate of drug-likeness (QED) is 0.862. The highest BCUT2D eigenvalue weighted by molar-refractivity contribution is 7.15. The number of aromatic nitrogens is 1. The molecular weight excluding hydrogens is 352 g/mol. The predicted octanol–water partition coefficient (Wildman–Crippen LogP) is 2.88. The van der Waals surface area contributed by atoms with Crippen LogP contribution in [0.1, 0.15) is 34.8 Å². The summed E-state index contributed by atoms with van der Waals surface area (Å²) >= 11 is 1.41. The number of fused-ring (bicyclic) bond motifs is 1. The van der Waals surface area contributed by atoms with Crippen molar-refractivity contribution in [3.05, 3.63) is 40.4 Å². The van der Waals surface area contributed by atoms with E-state index in [0.717, 1.165) is 10.6 Å². The smallest absolute Gasteiger partial charge is 0.321 e. The van der Waals surface area contributed by atoms with Gasteiger partial charge in [-0.2, -0.15) is 0 Å². The molecule has 1 aromatic carbocycles. The first-order chi connectivity index (χ1) is 12.5. The van der Waals surface area contributed by atoms with Gasteiger partial charge in [0.05, 0.1) is 19.3 Å². The van der Waals surface area contributed by atoms with Gasteiger partial charge in [0.25, 0.3) is 5.91 Å². The molecule has 0 saturated carbocycles. The Morgan fingerprint density at radius 2 is 2.15 bits per heavy atom. The highest BCUT2D eigenvalue weighted by Gasteiger charge is 2.25. The molecule has 0 radical (unpaired) electrons. The molecule has 0 atom stereocenters. The molecule has 7 nitrogen and oxygen atoms in total. The summed E-state index contributed by atoms with van der Waals surface area (Å²) in [6.45, 7) is 4.89. The van der Waals surface area contributed by atoms with Gasteiger partial charge in [-0.1, -0.05) is 17.4 Å². The Balaban J connectivity index is 1.69. The average molecular weight is 374 g/mol. The van der Waals surface area contributed by atoms with Gasteiger partial charge in [-0.15, -0.1) is 0 Å². The van der Waals surface area contributed by atoms with Gasteiger partial charge in [-0.05, 0) is 32.0 Å². The summed E-state index contributed by atoms with van der Waals surface area (Å²) in [4.78, 5) is 31.9. The molecule has 26 heavy (non-hydrogen) atoms. The Morgan fingerprint density at radius 1 is 1.35 bits per heavy atom. The molecule has 1 aliphatic rings. The molecule has 3 rings (SSSR count). The van der Waals surface area contributed by atoms with Crippen molar-refractivity contribution in [2.24, 2.45) is 0 Å². The molecule has 3 amide bonds. The van der Waals surface area contributed by atoms with Crippen LogP contribution < -0.4 is 15.4 Å². The average Bonchev–Trinajstić information content (AvgIpc) is 3.01. The Kier molecular flexibility index (Phi) is 5.41. The molecule has 0 bridgehead atoms. The van der Waals surface area contributed by atoms with Crippen LogP contribution in [0.4, 0.5) is 9.93 Å². The highest BCUT2D eigenvalue weighted by atomic mass is 32.1. The largest absolute Gasteiger partial charge is 0.497 e. The molecular formula is C18H22N4O3S. The number of nitrogens with one attached hydrogen (secondary N) is 2. The zero-order valence-electron chi connectivity index (χ0n) is 15.0. The maximum Gasteiger partial charge on any atom is 0.321 e. The summed E-state index contributed by atoms with van der Waals surface area (Å²) in [5.74, 6) is 0.629. The summed E-state index contributed by atoms with van der Waals surface area (Å²) in [5.41, 5.74) is 1.55. The zero-order chi connectivity index (χ0) is 18.7. The van der Waals surface area contributed by atoms with Crippen LogP contribution in [0.3, 0.4) is 0 Å². The Labute approximate surface area is 156 Å². The van der Waals surface area contributed by atoms with E-state index in [1.54, 1.807) is 24.1 Å². The van der Waals surface area contributed by atoms with E-state index in [-0.39, 0.29) is 18.0 Å². The van der Waals surface area contributed by atoms with E-state index in [1.165, 1.54) is 11.3 Å². The van der Waals surface area contributed by atoms with E-state index in [1.807, 2.05) is 26.0 Å². The molecule has 2 heterocycles. The molecule has 0 fully saturated rings. The van der Waals surface area contributed by atoms with Gasteiger partial charge in [0.1, 0.15) is 5.75 Å². The summed E-state index contributed by atoms with van der Waals surface area (Å²) in [6, 6.07) is 6.94. The van der Waals surface area contributed by atoms with Gasteiger partial charge >= 0.3 is 6.03 Å². The van der Waals surface area contributed by atoms with Crippen LogP contribution in [0.15, 0.2) is 24.3 Å². The van der Waals surface area contributed by atoms with E-state index in [9.17, 15) is 9.59 Å². The second-order valence-electron chi connectivity index (χ2n) is 6.35. The van der Waals surface area contributed by atoms with Crippen LogP contribution in [-0.4, -0.2) is 41.5 Å². The fourth-order valence-electron chi connectivity index (χ4n) is 2.76. The number of nitrogens with zero attached hydrogens (tertiary/aromatic N) is 2. The van der Waals surface area contributed by atoms with Crippen molar-refractivity contribution in [2.45, 2.75) is 32.9 Å². The number of ether oxygens (including phenoxy) is 1. The minimum absolute atomic E-state index is 0.0324. The monoisotopic (exact) mass is 374 g/mol. The third-order valence-electron chi connectivity index (χ3n) is 3.98. The van der Waals surface area contributed by atoms with Crippen molar-refractivity contribution < 1.29 is 14.3 Å². The van der Waals surface area contributed by atoms with Crippen molar-refractivity contribution in [1.82, 2.24) is 15.2 Å². The van der Waals surface area contributed by atoms with E-state index >= 15 is 0 Å². The van der Waals surface area contributed by atoms with Gasteiger partial charge in [0.15, 0.2) is 5.13 Å². The molecule has 0 spiro atoms. The van der Waals surface area contributed by atoms with Crippen molar-refractivity contribution in [2.75, 3.05) is 19.0 Å². The van der Waals surface area contributed by atoms with Gasteiger partial charge in [0.2, 0.25) is 0 Å². The number of anilines is 1. The van der Waals surface area contributed by atoms with Crippen LogP contribution in [0.25, 0.3) is 0 Å². The number of amides is 3. The SMILES string of the molecule is COc1cccc(C(=O)N2CCc3nc(NC(=O)NC(C)C)sc3C2)c1. The van der Waals surface area contributed by atoms with Crippen LogP contribution >= 0.6 is 11.3 Å². The maximum atomic E-state index is 12.8. The molecule has 0 aliphatic carbocycles.